The summed E-state index contributed by atoms with van der Waals surface area (Å²) in [5, 5.41) is 21.1. The summed E-state index contributed by atoms with van der Waals surface area (Å²) >= 11 is 0. The van der Waals surface area contributed by atoms with Crippen LogP contribution in [0.4, 0.5) is 4.39 Å². The molecule has 6 nitrogen and oxygen atoms in total. The zero-order chi connectivity index (χ0) is 13.8. The van der Waals surface area contributed by atoms with Crippen LogP contribution in [0, 0.1) is 17.1 Å². The Bertz CT molecular complexity index is 686. The minimum absolute atomic E-state index is 0.184. The van der Waals surface area contributed by atoms with E-state index in [1.54, 1.807) is 0 Å². The van der Waals surface area contributed by atoms with Crippen LogP contribution >= 0.6 is 0 Å². The van der Waals surface area contributed by atoms with E-state index >= 15 is 0 Å². The standard InChI is InChI=1S/C12H7FN4O2/c13-10-4-8(3-9(5-14)12(18)19)1-2-11(10)17-7-15-6-16-17/h1-4,6-7H,(H,18,19)/b9-3-. The Hall–Kier alpha value is -3.01. The number of carboxylic acid groups (broad SMARTS) is 1. The summed E-state index contributed by atoms with van der Waals surface area (Å²) in [5.74, 6) is -1.95. The van der Waals surface area contributed by atoms with Crippen LogP contribution in [0.2, 0.25) is 0 Å². The molecule has 0 unspecified atom stereocenters. The van der Waals surface area contributed by atoms with Gasteiger partial charge in [-0.1, -0.05) is 6.07 Å². The van der Waals surface area contributed by atoms with Gasteiger partial charge in [-0.25, -0.2) is 18.9 Å². The molecule has 0 atom stereocenters. The van der Waals surface area contributed by atoms with Gasteiger partial charge in [-0.2, -0.15) is 10.4 Å². The predicted molar refractivity (Wildman–Crippen MR) is 62.5 cm³/mol. The van der Waals surface area contributed by atoms with Crippen molar-refractivity contribution in [1.29, 1.82) is 5.26 Å². The summed E-state index contributed by atoms with van der Waals surface area (Å²) in [6.07, 6.45) is 3.70. The molecule has 0 spiro atoms. The highest BCUT2D eigenvalue weighted by Crippen LogP contribution is 2.16. The zero-order valence-corrected chi connectivity index (χ0v) is 9.49. The van der Waals surface area contributed by atoms with Gasteiger partial charge in [0.2, 0.25) is 0 Å². The monoisotopic (exact) mass is 258 g/mol. The number of hydrogen-bond acceptors (Lipinski definition) is 4. The molecule has 1 aromatic carbocycles. The Morgan fingerprint density at radius 1 is 1.53 bits per heavy atom. The number of nitrogens with zero attached hydrogens (tertiary/aromatic N) is 4. The van der Waals surface area contributed by atoms with Crippen LogP contribution in [0.5, 0.6) is 0 Å². The molecule has 0 fully saturated rings. The molecule has 0 radical (unpaired) electrons. The van der Waals surface area contributed by atoms with Gasteiger partial charge >= 0.3 is 5.97 Å². The normalized spacial score (nSPS) is 11.1. The molecule has 0 bridgehead atoms. The number of carbonyl (C=O) groups is 1. The van der Waals surface area contributed by atoms with Crippen LogP contribution in [-0.4, -0.2) is 25.8 Å². The molecule has 0 saturated heterocycles. The lowest BCUT2D eigenvalue weighted by molar-refractivity contribution is -0.132. The highest BCUT2D eigenvalue weighted by atomic mass is 19.1. The molecule has 2 aromatic rings. The summed E-state index contributed by atoms with van der Waals surface area (Å²) in [7, 11) is 0. The van der Waals surface area contributed by atoms with Crippen LogP contribution in [0.3, 0.4) is 0 Å². The lowest BCUT2D eigenvalue weighted by atomic mass is 10.1. The highest BCUT2D eigenvalue weighted by Gasteiger charge is 2.09. The molecule has 0 saturated carbocycles. The SMILES string of the molecule is N#C/C(=C/c1ccc(-n2cncn2)c(F)c1)C(=O)O. The number of carboxylic acids is 1. The van der Waals surface area contributed by atoms with E-state index in [1.807, 2.05) is 0 Å². The molecule has 0 aliphatic heterocycles. The summed E-state index contributed by atoms with van der Waals surface area (Å²) in [6.45, 7) is 0. The lowest BCUT2D eigenvalue weighted by Crippen LogP contribution is -2.00. The van der Waals surface area contributed by atoms with Crippen LogP contribution in [0.15, 0.2) is 36.4 Å². The van der Waals surface area contributed by atoms with Crippen molar-refractivity contribution >= 4 is 12.0 Å². The first-order valence-corrected chi connectivity index (χ1v) is 5.11. The van der Waals surface area contributed by atoms with Crippen molar-refractivity contribution in [3.8, 4) is 11.8 Å². The van der Waals surface area contributed by atoms with Crippen molar-refractivity contribution in [2.75, 3.05) is 0 Å². The Balaban J connectivity index is 2.40. The maximum atomic E-state index is 13.8. The number of aliphatic carboxylic acids is 1. The Labute approximate surface area is 107 Å². The summed E-state index contributed by atoms with van der Waals surface area (Å²) < 4.78 is 15.1. The molecule has 19 heavy (non-hydrogen) atoms. The summed E-state index contributed by atoms with van der Waals surface area (Å²) in [4.78, 5) is 14.4. The second kappa shape index (κ2) is 5.10. The first kappa shape index (κ1) is 12.4. The number of halogens is 1. The van der Waals surface area contributed by atoms with E-state index in [0.717, 1.165) is 12.1 Å². The number of benzene rings is 1. The average Bonchev–Trinajstić information content (AvgIpc) is 2.89. The predicted octanol–water partition coefficient (Wildman–Crippen LogP) is 1.40. The second-order valence-corrected chi connectivity index (χ2v) is 3.53. The van der Waals surface area contributed by atoms with Gasteiger partial charge in [-0.15, -0.1) is 0 Å². The molecule has 0 amide bonds. The first-order valence-electron chi connectivity index (χ1n) is 5.11. The number of aromatic nitrogens is 3. The van der Waals surface area contributed by atoms with Crippen molar-refractivity contribution in [2.24, 2.45) is 0 Å². The van der Waals surface area contributed by atoms with Crippen molar-refractivity contribution in [3.05, 3.63) is 47.8 Å². The van der Waals surface area contributed by atoms with Gasteiger partial charge in [0.05, 0.1) is 0 Å². The van der Waals surface area contributed by atoms with E-state index in [4.69, 9.17) is 10.4 Å². The molecular weight excluding hydrogens is 251 g/mol. The maximum absolute atomic E-state index is 13.8. The third-order valence-electron chi connectivity index (χ3n) is 2.30. The number of nitriles is 1. The van der Waals surface area contributed by atoms with Crippen molar-refractivity contribution in [2.45, 2.75) is 0 Å². The molecule has 1 N–H and O–H groups in total. The topological polar surface area (TPSA) is 91.8 Å². The van der Waals surface area contributed by atoms with E-state index < -0.39 is 17.4 Å². The molecule has 7 heteroatoms. The Kier molecular flexibility index (Phi) is 3.34. The van der Waals surface area contributed by atoms with Gasteiger partial charge in [-0.3, -0.25) is 0 Å². The fraction of sp³-hybridized carbons (Fsp3) is 0. The quantitative estimate of drug-likeness (QED) is 0.663. The molecule has 1 heterocycles. The summed E-state index contributed by atoms with van der Waals surface area (Å²) in [6, 6.07) is 5.56. The van der Waals surface area contributed by atoms with Gasteiger partial charge in [0.1, 0.15) is 35.8 Å². The smallest absolute Gasteiger partial charge is 0.346 e. The molecule has 0 aliphatic rings. The number of hydrogen-bond donors (Lipinski definition) is 1. The van der Waals surface area contributed by atoms with E-state index in [2.05, 4.69) is 10.1 Å². The van der Waals surface area contributed by atoms with E-state index in [1.165, 1.54) is 35.5 Å². The second-order valence-electron chi connectivity index (χ2n) is 3.53. The van der Waals surface area contributed by atoms with E-state index in [9.17, 15) is 9.18 Å². The fourth-order valence-electron chi connectivity index (χ4n) is 1.44. The van der Waals surface area contributed by atoms with Gasteiger partial charge in [0.15, 0.2) is 0 Å². The first-order chi connectivity index (χ1) is 9.11. The maximum Gasteiger partial charge on any atom is 0.346 e. The minimum atomic E-state index is -1.36. The van der Waals surface area contributed by atoms with Gasteiger partial charge < -0.3 is 5.11 Å². The van der Waals surface area contributed by atoms with Crippen LogP contribution in [0.1, 0.15) is 5.56 Å². The van der Waals surface area contributed by atoms with Crippen LogP contribution in [0.25, 0.3) is 11.8 Å². The Morgan fingerprint density at radius 2 is 2.32 bits per heavy atom. The molecular formula is C12H7FN4O2. The summed E-state index contributed by atoms with van der Waals surface area (Å²) in [5.41, 5.74) is -0.00305. The van der Waals surface area contributed by atoms with Gasteiger partial charge in [-0.05, 0) is 23.8 Å². The molecule has 94 valence electrons. The van der Waals surface area contributed by atoms with Crippen molar-refractivity contribution < 1.29 is 14.3 Å². The Morgan fingerprint density at radius 3 is 2.84 bits per heavy atom. The zero-order valence-electron chi connectivity index (χ0n) is 9.49. The van der Waals surface area contributed by atoms with Crippen LogP contribution in [-0.2, 0) is 4.79 Å². The molecule has 0 aliphatic carbocycles. The third-order valence-corrected chi connectivity index (χ3v) is 2.30. The van der Waals surface area contributed by atoms with E-state index in [0.29, 0.717) is 0 Å². The molecule has 2 rings (SSSR count). The van der Waals surface area contributed by atoms with Gasteiger partial charge in [0.25, 0.3) is 0 Å². The fourth-order valence-corrected chi connectivity index (χ4v) is 1.44. The largest absolute Gasteiger partial charge is 0.477 e. The van der Waals surface area contributed by atoms with Gasteiger partial charge in [0, 0.05) is 0 Å². The molecule has 1 aromatic heterocycles. The minimum Gasteiger partial charge on any atom is -0.477 e. The lowest BCUT2D eigenvalue weighted by Gasteiger charge is -2.03. The highest BCUT2D eigenvalue weighted by molar-refractivity contribution is 5.96. The van der Waals surface area contributed by atoms with Crippen molar-refractivity contribution in [3.63, 3.8) is 0 Å². The average molecular weight is 258 g/mol. The third kappa shape index (κ3) is 2.63. The van der Waals surface area contributed by atoms with E-state index in [-0.39, 0.29) is 11.3 Å². The van der Waals surface area contributed by atoms with Crippen LogP contribution < -0.4 is 0 Å². The number of rotatable bonds is 3. The van der Waals surface area contributed by atoms with Crippen molar-refractivity contribution in [1.82, 2.24) is 14.8 Å².